The van der Waals surface area contributed by atoms with Crippen molar-refractivity contribution < 1.29 is 9.00 Å². The molecule has 0 saturated heterocycles. The van der Waals surface area contributed by atoms with Crippen molar-refractivity contribution in [2.45, 2.75) is 43.9 Å². The van der Waals surface area contributed by atoms with Gasteiger partial charge in [-0.05, 0) is 30.5 Å². The molecule has 2 aromatic rings. The first kappa shape index (κ1) is 16.9. The van der Waals surface area contributed by atoms with Crippen molar-refractivity contribution in [2.24, 2.45) is 0 Å². The van der Waals surface area contributed by atoms with Crippen molar-refractivity contribution in [2.75, 3.05) is 11.6 Å². The number of nitrogens with zero attached hydrogens (tertiary/aromatic N) is 2. The maximum absolute atomic E-state index is 12.6. The van der Waals surface area contributed by atoms with Crippen LogP contribution in [0, 0.1) is 0 Å². The maximum atomic E-state index is 12.6. The van der Waals surface area contributed by atoms with E-state index in [4.69, 9.17) is 0 Å². The van der Waals surface area contributed by atoms with E-state index < -0.39 is 10.8 Å². The number of hydrogen-bond acceptors (Lipinski definition) is 3. The summed E-state index contributed by atoms with van der Waals surface area (Å²) in [4.78, 5) is 12.6. The summed E-state index contributed by atoms with van der Waals surface area (Å²) in [5.41, 5.74) is 1.48. The number of hydrogen-bond donors (Lipinski definition) is 1. The van der Waals surface area contributed by atoms with Crippen LogP contribution in [-0.2, 0) is 16.6 Å². The second-order valence-corrected chi connectivity index (χ2v) is 7.76. The van der Waals surface area contributed by atoms with Crippen molar-refractivity contribution in [1.29, 1.82) is 0 Å². The highest BCUT2D eigenvalue weighted by molar-refractivity contribution is 7.83. The summed E-state index contributed by atoms with van der Waals surface area (Å²) in [6.45, 7) is 0. The molecular formula is C18H23N3O2S. The van der Waals surface area contributed by atoms with Gasteiger partial charge in [0.1, 0.15) is 5.82 Å². The zero-order chi connectivity index (χ0) is 16.9. The van der Waals surface area contributed by atoms with Crippen LogP contribution in [0.2, 0.25) is 0 Å². The van der Waals surface area contributed by atoms with Gasteiger partial charge in [0.15, 0.2) is 0 Å². The second kappa shape index (κ2) is 7.75. The lowest BCUT2D eigenvalue weighted by Crippen LogP contribution is -2.20. The third-order valence-electron chi connectivity index (χ3n) is 4.39. The van der Waals surface area contributed by atoms with E-state index in [2.05, 4.69) is 10.4 Å². The second-order valence-electron chi connectivity index (χ2n) is 6.32. The molecule has 1 fully saturated rings. The van der Waals surface area contributed by atoms with E-state index in [0.29, 0.717) is 17.4 Å². The van der Waals surface area contributed by atoms with Crippen LogP contribution in [0.4, 0.5) is 5.82 Å². The van der Waals surface area contributed by atoms with Gasteiger partial charge in [-0.15, -0.1) is 0 Å². The Morgan fingerprint density at radius 1 is 1.29 bits per heavy atom. The Kier molecular flexibility index (Phi) is 5.45. The van der Waals surface area contributed by atoms with Gasteiger partial charge in [0.25, 0.3) is 5.91 Å². The first-order valence-electron chi connectivity index (χ1n) is 8.37. The summed E-state index contributed by atoms with van der Waals surface area (Å²) in [5, 5.41) is 7.38. The number of anilines is 1. The Bertz CT molecular complexity index is 735. The molecular weight excluding hydrogens is 322 g/mol. The number of amides is 1. The molecule has 128 valence electrons. The summed E-state index contributed by atoms with van der Waals surface area (Å²) in [5.74, 6) is 1.05. The van der Waals surface area contributed by atoms with Gasteiger partial charge < -0.3 is 5.32 Å². The third-order valence-corrected chi connectivity index (χ3v) is 5.13. The SMILES string of the molecule is C[S@@](=O)Cc1cccc(C(=O)Nc2ccnn2C2CCCCC2)c1. The summed E-state index contributed by atoms with van der Waals surface area (Å²) >= 11 is 0. The van der Waals surface area contributed by atoms with Gasteiger partial charge in [-0.2, -0.15) is 5.10 Å². The molecule has 1 aliphatic rings. The number of carbonyl (C=O) groups is 1. The van der Waals surface area contributed by atoms with E-state index >= 15 is 0 Å². The van der Waals surface area contributed by atoms with Gasteiger partial charge in [-0.1, -0.05) is 31.4 Å². The molecule has 0 radical (unpaired) electrons. The predicted octanol–water partition coefficient (Wildman–Crippen LogP) is 3.52. The Hall–Kier alpha value is -1.95. The van der Waals surface area contributed by atoms with Gasteiger partial charge in [0.2, 0.25) is 0 Å². The lowest BCUT2D eigenvalue weighted by molar-refractivity contribution is 0.102. The molecule has 3 rings (SSSR count). The highest BCUT2D eigenvalue weighted by atomic mass is 32.2. The molecule has 1 N–H and O–H groups in total. The normalized spacial score (nSPS) is 16.7. The predicted molar refractivity (Wildman–Crippen MR) is 96.5 cm³/mol. The Balaban J connectivity index is 1.73. The average Bonchev–Trinajstić information content (AvgIpc) is 3.03. The lowest BCUT2D eigenvalue weighted by Gasteiger charge is -2.23. The molecule has 0 spiro atoms. The van der Waals surface area contributed by atoms with E-state index in [1.54, 1.807) is 24.6 Å². The van der Waals surface area contributed by atoms with Crippen molar-refractivity contribution in [1.82, 2.24) is 9.78 Å². The van der Waals surface area contributed by atoms with Gasteiger partial charge in [-0.3, -0.25) is 9.00 Å². The van der Waals surface area contributed by atoms with E-state index in [1.807, 2.05) is 22.9 Å². The smallest absolute Gasteiger partial charge is 0.256 e. The minimum absolute atomic E-state index is 0.156. The van der Waals surface area contributed by atoms with Crippen LogP contribution < -0.4 is 5.32 Å². The topological polar surface area (TPSA) is 64.0 Å². The minimum Gasteiger partial charge on any atom is -0.307 e. The largest absolute Gasteiger partial charge is 0.307 e. The van der Waals surface area contributed by atoms with Crippen molar-refractivity contribution >= 4 is 22.5 Å². The summed E-state index contributed by atoms with van der Waals surface area (Å²) in [6, 6.07) is 9.52. The molecule has 1 heterocycles. The van der Waals surface area contributed by atoms with Crippen LogP contribution in [0.1, 0.15) is 54.1 Å². The van der Waals surface area contributed by atoms with Gasteiger partial charge in [0, 0.05) is 34.4 Å². The van der Waals surface area contributed by atoms with E-state index in [1.165, 1.54) is 19.3 Å². The fraction of sp³-hybridized carbons (Fsp3) is 0.444. The van der Waals surface area contributed by atoms with Gasteiger partial charge in [-0.25, -0.2) is 4.68 Å². The monoisotopic (exact) mass is 345 g/mol. The summed E-state index contributed by atoms with van der Waals surface area (Å²) in [7, 11) is -0.922. The highest BCUT2D eigenvalue weighted by Gasteiger charge is 2.19. The standard InChI is InChI=1S/C18H23N3O2S/c1-24(23)13-14-6-5-7-15(12-14)18(22)20-17-10-11-19-21(17)16-8-3-2-4-9-16/h5-7,10-12,16H,2-4,8-9,13H2,1H3,(H,20,22)/t24-/m1/s1. The van der Waals surface area contributed by atoms with E-state index in [0.717, 1.165) is 24.2 Å². The van der Waals surface area contributed by atoms with E-state index in [9.17, 15) is 9.00 Å². The quantitative estimate of drug-likeness (QED) is 0.902. The molecule has 1 aromatic heterocycles. The van der Waals surface area contributed by atoms with E-state index in [-0.39, 0.29) is 5.91 Å². The van der Waals surface area contributed by atoms with Crippen LogP contribution in [0.15, 0.2) is 36.5 Å². The molecule has 5 nitrogen and oxygen atoms in total. The molecule has 24 heavy (non-hydrogen) atoms. The Morgan fingerprint density at radius 3 is 2.83 bits per heavy atom. The van der Waals surface area contributed by atoms with Crippen LogP contribution in [0.3, 0.4) is 0 Å². The molecule has 1 amide bonds. The zero-order valence-corrected chi connectivity index (χ0v) is 14.7. The fourth-order valence-corrected chi connectivity index (χ4v) is 3.90. The molecule has 0 aliphatic heterocycles. The van der Waals surface area contributed by atoms with Crippen LogP contribution in [0.5, 0.6) is 0 Å². The summed E-state index contributed by atoms with van der Waals surface area (Å²) in [6.07, 6.45) is 9.34. The van der Waals surface area contributed by atoms with Crippen molar-refractivity contribution in [3.8, 4) is 0 Å². The average molecular weight is 345 g/mol. The first-order chi connectivity index (χ1) is 11.6. The van der Waals surface area contributed by atoms with Gasteiger partial charge >= 0.3 is 0 Å². The zero-order valence-electron chi connectivity index (χ0n) is 13.9. The molecule has 1 aliphatic carbocycles. The molecule has 0 bridgehead atoms. The number of carbonyl (C=O) groups excluding carboxylic acids is 1. The van der Waals surface area contributed by atoms with Crippen LogP contribution in [0.25, 0.3) is 0 Å². The van der Waals surface area contributed by atoms with Crippen molar-refractivity contribution in [3.63, 3.8) is 0 Å². The molecule has 1 saturated carbocycles. The fourth-order valence-electron chi connectivity index (χ4n) is 3.26. The lowest BCUT2D eigenvalue weighted by atomic mass is 9.96. The molecule has 6 heteroatoms. The summed E-state index contributed by atoms with van der Waals surface area (Å²) < 4.78 is 13.3. The Morgan fingerprint density at radius 2 is 2.08 bits per heavy atom. The first-order valence-corrected chi connectivity index (χ1v) is 10.1. The molecule has 1 aromatic carbocycles. The number of rotatable bonds is 5. The Labute approximate surface area is 144 Å². The molecule has 0 unspecified atom stereocenters. The van der Waals surface area contributed by atoms with Crippen molar-refractivity contribution in [3.05, 3.63) is 47.7 Å². The number of aromatic nitrogens is 2. The number of nitrogens with one attached hydrogen (secondary N) is 1. The van der Waals surface area contributed by atoms with Crippen LogP contribution >= 0.6 is 0 Å². The molecule has 1 atom stereocenters. The number of benzene rings is 1. The minimum atomic E-state index is -0.922. The third kappa shape index (κ3) is 4.12. The highest BCUT2D eigenvalue weighted by Crippen LogP contribution is 2.30. The van der Waals surface area contributed by atoms with Crippen LogP contribution in [-0.4, -0.2) is 26.2 Å². The van der Waals surface area contributed by atoms with Gasteiger partial charge in [0.05, 0.1) is 12.2 Å². The maximum Gasteiger partial charge on any atom is 0.256 e.